The second-order valence-corrected chi connectivity index (χ2v) is 10.4. The molecule has 0 aromatic heterocycles. The molecule has 0 aliphatic carbocycles. The highest BCUT2D eigenvalue weighted by Gasteiger charge is 2.28. The number of aryl methyl sites for hydroxylation is 1. The minimum atomic E-state index is -3.63. The molecule has 1 saturated heterocycles. The van der Waals surface area contributed by atoms with Crippen molar-refractivity contribution in [3.8, 4) is 5.75 Å². The number of hydrogen-bond acceptors (Lipinski definition) is 6. The van der Waals surface area contributed by atoms with Gasteiger partial charge in [0.25, 0.3) is 0 Å². The van der Waals surface area contributed by atoms with E-state index < -0.39 is 10.0 Å². The molecule has 1 amide bonds. The zero-order chi connectivity index (χ0) is 22.3. The maximum Gasteiger partial charge on any atom is 0.243 e. The van der Waals surface area contributed by atoms with Gasteiger partial charge in [-0.3, -0.25) is 4.79 Å². The number of ether oxygens (including phenoxy) is 2. The second kappa shape index (κ2) is 11.2. The highest BCUT2D eigenvalue weighted by Crippen LogP contribution is 2.24. The molecule has 1 aliphatic heterocycles. The smallest absolute Gasteiger partial charge is 0.243 e. The number of carbonyl (C=O) groups excluding carboxylic acids is 1. The van der Waals surface area contributed by atoms with Gasteiger partial charge in [0.05, 0.1) is 30.5 Å². The van der Waals surface area contributed by atoms with Crippen LogP contribution in [-0.4, -0.2) is 63.0 Å². The van der Waals surface area contributed by atoms with Crippen LogP contribution in [0.1, 0.15) is 5.56 Å². The number of sulfonamides is 1. The Labute approximate surface area is 192 Å². The number of thioether (sulfide) groups is 1. The SMILES string of the molecule is Cc1ccc(NC(=O)CSCCOc2cccc(Cl)c2)cc1S(=O)(=O)N1CCOCC1. The zero-order valence-corrected chi connectivity index (χ0v) is 19.6. The lowest BCUT2D eigenvalue weighted by Gasteiger charge is -2.26. The van der Waals surface area contributed by atoms with Gasteiger partial charge in [0, 0.05) is 29.6 Å². The monoisotopic (exact) mass is 484 g/mol. The van der Waals surface area contributed by atoms with E-state index >= 15 is 0 Å². The van der Waals surface area contributed by atoms with Crippen molar-refractivity contribution in [2.24, 2.45) is 0 Å². The predicted octanol–water partition coefficient (Wildman–Crippen LogP) is 3.42. The van der Waals surface area contributed by atoms with Gasteiger partial charge in [-0.15, -0.1) is 11.8 Å². The normalized spacial score (nSPS) is 14.9. The molecule has 3 rings (SSSR count). The molecule has 0 bridgehead atoms. The zero-order valence-electron chi connectivity index (χ0n) is 17.2. The quantitative estimate of drug-likeness (QED) is 0.549. The summed E-state index contributed by atoms with van der Waals surface area (Å²) in [6.07, 6.45) is 0. The first-order valence-electron chi connectivity index (χ1n) is 9.81. The number of anilines is 1. The highest BCUT2D eigenvalue weighted by atomic mass is 35.5. The van der Waals surface area contributed by atoms with E-state index in [0.29, 0.717) is 60.7 Å². The lowest BCUT2D eigenvalue weighted by atomic mass is 10.2. The molecule has 7 nitrogen and oxygen atoms in total. The number of amides is 1. The lowest BCUT2D eigenvalue weighted by molar-refractivity contribution is -0.113. The molecule has 0 spiro atoms. The van der Waals surface area contributed by atoms with Crippen molar-refractivity contribution in [3.63, 3.8) is 0 Å². The Morgan fingerprint density at radius 1 is 1.23 bits per heavy atom. The molecule has 168 valence electrons. The van der Waals surface area contributed by atoms with E-state index in [1.54, 1.807) is 31.2 Å². The van der Waals surface area contributed by atoms with E-state index in [1.165, 1.54) is 22.1 Å². The van der Waals surface area contributed by atoms with Crippen LogP contribution in [0.5, 0.6) is 5.75 Å². The maximum atomic E-state index is 13.0. The minimum Gasteiger partial charge on any atom is -0.493 e. The lowest BCUT2D eigenvalue weighted by Crippen LogP contribution is -2.40. The molecule has 0 radical (unpaired) electrons. The van der Waals surface area contributed by atoms with Gasteiger partial charge in [-0.05, 0) is 42.8 Å². The van der Waals surface area contributed by atoms with Crippen LogP contribution in [0, 0.1) is 6.92 Å². The minimum absolute atomic E-state index is 0.202. The summed E-state index contributed by atoms with van der Waals surface area (Å²) in [7, 11) is -3.63. The Kier molecular flexibility index (Phi) is 8.62. The third kappa shape index (κ3) is 6.85. The summed E-state index contributed by atoms with van der Waals surface area (Å²) in [6, 6.07) is 12.1. The highest BCUT2D eigenvalue weighted by molar-refractivity contribution is 7.99. The largest absolute Gasteiger partial charge is 0.493 e. The number of nitrogens with zero attached hydrogens (tertiary/aromatic N) is 1. The van der Waals surface area contributed by atoms with Crippen molar-refractivity contribution in [1.82, 2.24) is 4.31 Å². The van der Waals surface area contributed by atoms with Gasteiger partial charge in [-0.25, -0.2) is 8.42 Å². The number of rotatable bonds is 9. The van der Waals surface area contributed by atoms with Crippen LogP contribution in [0.3, 0.4) is 0 Å². The summed E-state index contributed by atoms with van der Waals surface area (Å²) < 4.78 is 38.2. The molecular formula is C21H25ClN2O5S2. The van der Waals surface area contributed by atoms with Crippen LogP contribution >= 0.6 is 23.4 Å². The van der Waals surface area contributed by atoms with Crippen molar-refractivity contribution < 1.29 is 22.7 Å². The number of hydrogen-bond donors (Lipinski definition) is 1. The van der Waals surface area contributed by atoms with Crippen LogP contribution in [0.25, 0.3) is 0 Å². The van der Waals surface area contributed by atoms with Crippen LogP contribution < -0.4 is 10.1 Å². The van der Waals surface area contributed by atoms with E-state index in [2.05, 4.69) is 5.32 Å². The topological polar surface area (TPSA) is 84.9 Å². The fourth-order valence-corrected chi connectivity index (χ4v) is 5.46. The van der Waals surface area contributed by atoms with E-state index in [0.717, 1.165) is 0 Å². The fraction of sp³-hybridized carbons (Fsp3) is 0.381. The second-order valence-electron chi connectivity index (χ2n) is 6.90. The molecule has 1 aliphatic rings. The van der Waals surface area contributed by atoms with Gasteiger partial charge in [-0.2, -0.15) is 4.31 Å². The van der Waals surface area contributed by atoms with Gasteiger partial charge in [0.15, 0.2) is 0 Å². The Morgan fingerprint density at radius 3 is 2.74 bits per heavy atom. The number of benzene rings is 2. The average molecular weight is 485 g/mol. The van der Waals surface area contributed by atoms with Crippen molar-refractivity contribution >= 4 is 45.0 Å². The van der Waals surface area contributed by atoms with Crippen LogP contribution in [-0.2, 0) is 19.6 Å². The van der Waals surface area contributed by atoms with Crippen LogP contribution in [0.15, 0.2) is 47.4 Å². The third-order valence-electron chi connectivity index (χ3n) is 4.59. The molecule has 1 fully saturated rings. The van der Waals surface area contributed by atoms with Gasteiger partial charge in [0.2, 0.25) is 15.9 Å². The Balaban J connectivity index is 1.50. The summed E-state index contributed by atoms with van der Waals surface area (Å²) in [5.74, 6) is 1.35. The van der Waals surface area contributed by atoms with E-state index in [-0.39, 0.29) is 16.6 Å². The molecule has 1 heterocycles. The van der Waals surface area contributed by atoms with Crippen LogP contribution in [0.2, 0.25) is 5.02 Å². The third-order valence-corrected chi connectivity index (χ3v) is 7.78. The maximum absolute atomic E-state index is 13.0. The van der Waals surface area contributed by atoms with Gasteiger partial charge in [0.1, 0.15) is 5.75 Å². The molecule has 10 heteroatoms. The summed E-state index contributed by atoms with van der Waals surface area (Å²) >= 11 is 7.34. The number of nitrogens with one attached hydrogen (secondary N) is 1. The van der Waals surface area contributed by atoms with E-state index in [9.17, 15) is 13.2 Å². The molecule has 0 unspecified atom stereocenters. The Hall–Kier alpha value is -1.78. The first-order valence-corrected chi connectivity index (χ1v) is 12.8. The van der Waals surface area contributed by atoms with E-state index in [4.69, 9.17) is 21.1 Å². The van der Waals surface area contributed by atoms with Gasteiger partial charge >= 0.3 is 0 Å². The molecule has 2 aromatic rings. The standard InChI is InChI=1S/C21H25ClN2O5S2/c1-16-5-6-18(14-20(16)31(26,27)24-7-9-28-10-8-24)23-21(25)15-30-12-11-29-19-4-2-3-17(22)13-19/h2-6,13-14H,7-12,15H2,1H3,(H,23,25). The van der Waals surface area contributed by atoms with Crippen molar-refractivity contribution in [2.45, 2.75) is 11.8 Å². The van der Waals surface area contributed by atoms with Crippen molar-refractivity contribution in [2.75, 3.05) is 49.7 Å². The molecule has 0 atom stereocenters. The van der Waals surface area contributed by atoms with Crippen molar-refractivity contribution in [3.05, 3.63) is 53.1 Å². The Morgan fingerprint density at radius 2 is 2.00 bits per heavy atom. The summed E-state index contributed by atoms with van der Waals surface area (Å²) in [6.45, 7) is 3.61. The van der Waals surface area contributed by atoms with Gasteiger partial charge < -0.3 is 14.8 Å². The first-order chi connectivity index (χ1) is 14.9. The first kappa shape index (κ1) is 23.9. The summed E-state index contributed by atoms with van der Waals surface area (Å²) in [4.78, 5) is 12.5. The fourth-order valence-electron chi connectivity index (χ4n) is 3.02. The number of halogens is 1. The van der Waals surface area contributed by atoms with Gasteiger partial charge in [-0.1, -0.05) is 23.7 Å². The molecule has 31 heavy (non-hydrogen) atoms. The molecular weight excluding hydrogens is 460 g/mol. The predicted molar refractivity (Wildman–Crippen MR) is 124 cm³/mol. The van der Waals surface area contributed by atoms with Crippen LogP contribution in [0.4, 0.5) is 5.69 Å². The average Bonchev–Trinajstić information content (AvgIpc) is 2.75. The molecule has 1 N–H and O–H groups in total. The Bertz CT molecular complexity index is 1010. The number of morpholine rings is 1. The van der Waals surface area contributed by atoms with Crippen molar-refractivity contribution in [1.29, 1.82) is 0 Å². The molecule has 0 saturated carbocycles. The summed E-state index contributed by atoms with van der Waals surface area (Å²) in [5, 5.41) is 3.38. The number of carbonyl (C=O) groups is 1. The van der Waals surface area contributed by atoms with E-state index in [1.807, 2.05) is 12.1 Å². The summed E-state index contributed by atoms with van der Waals surface area (Å²) in [5.41, 5.74) is 1.09. The molecule has 2 aromatic carbocycles.